The standard InChI is InChI=1S/C12H24.C12H18.2C11H17N.4C2H6/c2*1-10(12(2,3)4)11-8-6-5-7-9-11;1-9(11(2,3)4)10-6-5-7-12-8-10;1-9(11(2,3)4)10-7-5-6-8-12-10;4*1-2/h10-11H,5-9H2,1-4H3;5-10H,1-4H3;2*5-9H,1-4H3;4*1-2H3. The summed E-state index contributed by atoms with van der Waals surface area (Å²) in [4.78, 5) is 8.46. The fourth-order valence-electron chi connectivity index (χ4n) is 5.79. The van der Waals surface area contributed by atoms with Crippen LogP contribution in [0.3, 0.4) is 0 Å². The molecular weight excluding hydrogens is 677 g/mol. The first-order valence-corrected chi connectivity index (χ1v) is 22.9. The molecule has 0 aliphatic heterocycles. The molecule has 0 N–H and O–H groups in total. The zero-order chi connectivity index (χ0) is 44.8. The van der Waals surface area contributed by atoms with Gasteiger partial charge in [0.2, 0.25) is 0 Å². The lowest BCUT2D eigenvalue weighted by Gasteiger charge is -2.36. The van der Waals surface area contributed by atoms with Crippen molar-refractivity contribution in [3.8, 4) is 0 Å². The van der Waals surface area contributed by atoms with Gasteiger partial charge in [-0.3, -0.25) is 9.97 Å². The molecule has 2 nitrogen and oxygen atoms in total. The van der Waals surface area contributed by atoms with Gasteiger partial charge in [0, 0.05) is 30.2 Å². The summed E-state index contributed by atoms with van der Waals surface area (Å²) < 4.78 is 0. The third-order valence-electron chi connectivity index (χ3n) is 11.2. The van der Waals surface area contributed by atoms with E-state index in [1.807, 2.05) is 92.2 Å². The maximum Gasteiger partial charge on any atom is 0.0436 e. The van der Waals surface area contributed by atoms with Crippen molar-refractivity contribution in [2.75, 3.05) is 0 Å². The Balaban J connectivity index is -0.000000303. The molecule has 2 heterocycles. The van der Waals surface area contributed by atoms with E-state index >= 15 is 0 Å². The molecular formula is C54H100N2. The van der Waals surface area contributed by atoms with Crippen molar-refractivity contribution in [3.63, 3.8) is 0 Å². The fourth-order valence-corrected chi connectivity index (χ4v) is 5.79. The van der Waals surface area contributed by atoms with E-state index in [0.29, 0.717) is 39.4 Å². The van der Waals surface area contributed by atoms with Gasteiger partial charge in [0.05, 0.1) is 0 Å². The molecule has 56 heavy (non-hydrogen) atoms. The lowest BCUT2D eigenvalue weighted by Crippen LogP contribution is -2.27. The topological polar surface area (TPSA) is 25.8 Å². The van der Waals surface area contributed by atoms with E-state index in [4.69, 9.17) is 0 Å². The van der Waals surface area contributed by atoms with E-state index in [2.05, 4.69) is 163 Å². The van der Waals surface area contributed by atoms with Crippen LogP contribution in [0.4, 0.5) is 0 Å². The Bertz CT molecular complexity index is 1080. The molecule has 1 aromatic carbocycles. The van der Waals surface area contributed by atoms with E-state index < -0.39 is 0 Å². The van der Waals surface area contributed by atoms with Crippen LogP contribution in [0.25, 0.3) is 0 Å². The van der Waals surface area contributed by atoms with Crippen LogP contribution >= 0.6 is 0 Å². The van der Waals surface area contributed by atoms with Gasteiger partial charge in [0.25, 0.3) is 0 Å². The third kappa shape index (κ3) is 27.2. The minimum Gasteiger partial charge on any atom is -0.264 e. The Hall–Kier alpha value is -2.48. The van der Waals surface area contributed by atoms with Crippen LogP contribution in [-0.2, 0) is 0 Å². The molecule has 0 bridgehead atoms. The zero-order valence-corrected chi connectivity index (χ0v) is 42.3. The molecule has 0 amide bonds. The van der Waals surface area contributed by atoms with Gasteiger partial charge in [-0.15, -0.1) is 0 Å². The van der Waals surface area contributed by atoms with E-state index in [9.17, 15) is 0 Å². The number of nitrogens with zero attached hydrogens (tertiary/aromatic N) is 2. The van der Waals surface area contributed by atoms with Crippen LogP contribution < -0.4 is 0 Å². The highest BCUT2D eigenvalue weighted by atomic mass is 14.7. The van der Waals surface area contributed by atoms with Crippen molar-refractivity contribution in [2.24, 2.45) is 33.5 Å². The number of rotatable bonds is 4. The Kier molecular flexibility index (Phi) is 34.9. The second-order valence-electron chi connectivity index (χ2n) is 18.8. The molecule has 3 aromatic rings. The molecule has 1 aliphatic carbocycles. The van der Waals surface area contributed by atoms with Crippen LogP contribution in [-0.4, -0.2) is 9.97 Å². The van der Waals surface area contributed by atoms with Crippen molar-refractivity contribution in [1.29, 1.82) is 0 Å². The zero-order valence-electron chi connectivity index (χ0n) is 42.3. The number of hydrogen-bond acceptors (Lipinski definition) is 2. The van der Waals surface area contributed by atoms with Crippen LogP contribution in [0, 0.1) is 33.5 Å². The maximum atomic E-state index is 4.35. The molecule has 4 atom stereocenters. The van der Waals surface area contributed by atoms with Crippen molar-refractivity contribution in [1.82, 2.24) is 9.97 Å². The Morgan fingerprint density at radius 1 is 0.446 bits per heavy atom. The lowest BCUT2D eigenvalue weighted by molar-refractivity contribution is 0.141. The maximum absolute atomic E-state index is 4.35. The van der Waals surface area contributed by atoms with Gasteiger partial charge in [-0.25, -0.2) is 0 Å². The predicted molar refractivity (Wildman–Crippen MR) is 259 cm³/mol. The molecule has 2 aromatic heterocycles. The predicted octanol–water partition coefficient (Wildman–Crippen LogP) is 18.7. The average molecular weight is 777 g/mol. The molecule has 0 radical (unpaired) electrons. The molecule has 0 saturated heterocycles. The summed E-state index contributed by atoms with van der Waals surface area (Å²) in [6.07, 6.45) is 13.0. The van der Waals surface area contributed by atoms with E-state index in [0.717, 1.165) is 11.8 Å². The van der Waals surface area contributed by atoms with Crippen molar-refractivity contribution >= 4 is 0 Å². The molecule has 4 rings (SSSR count). The smallest absolute Gasteiger partial charge is 0.0436 e. The number of pyridine rings is 2. The Morgan fingerprint density at radius 2 is 0.857 bits per heavy atom. The SMILES string of the molecule is CC.CC.CC.CC.CC(C1CCCCC1)C(C)(C)C.CC(c1ccccc1)C(C)(C)C.CC(c1ccccn1)C(C)(C)C.CC(c1cccnc1)C(C)(C)C. The van der Waals surface area contributed by atoms with Crippen LogP contribution in [0.2, 0.25) is 0 Å². The molecule has 2 heteroatoms. The molecule has 0 spiro atoms. The molecule has 4 unspecified atom stereocenters. The largest absolute Gasteiger partial charge is 0.264 e. The average Bonchev–Trinajstić information content (AvgIpc) is 3.20. The molecule has 1 fully saturated rings. The first-order chi connectivity index (χ1) is 26.1. The summed E-state index contributed by atoms with van der Waals surface area (Å²) in [5.74, 6) is 3.61. The van der Waals surface area contributed by atoms with Gasteiger partial charge in [0.15, 0.2) is 0 Å². The van der Waals surface area contributed by atoms with Gasteiger partial charge >= 0.3 is 0 Å². The number of aromatic nitrogens is 2. The van der Waals surface area contributed by atoms with E-state index in [1.54, 1.807) is 0 Å². The second kappa shape index (κ2) is 32.5. The Labute approximate surface area is 354 Å². The molecule has 1 aliphatic rings. The Morgan fingerprint density at radius 3 is 1.21 bits per heavy atom. The van der Waals surface area contributed by atoms with Gasteiger partial charge in [-0.1, -0.05) is 241 Å². The fraction of sp³-hybridized carbons (Fsp3) is 0.704. The van der Waals surface area contributed by atoms with Crippen LogP contribution in [0.1, 0.15) is 233 Å². The summed E-state index contributed by atoms with van der Waals surface area (Å²) in [7, 11) is 0. The van der Waals surface area contributed by atoms with Crippen LogP contribution in [0.5, 0.6) is 0 Å². The molecule has 1 saturated carbocycles. The highest BCUT2D eigenvalue weighted by Gasteiger charge is 2.29. The van der Waals surface area contributed by atoms with Crippen LogP contribution in [0.15, 0.2) is 79.3 Å². The minimum atomic E-state index is 0.300. The number of hydrogen-bond donors (Lipinski definition) is 0. The van der Waals surface area contributed by atoms with E-state index in [-0.39, 0.29) is 0 Å². The monoisotopic (exact) mass is 777 g/mol. The van der Waals surface area contributed by atoms with Gasteiger partial charge < -0.3 is 0 Å². The quantitative estimate of drug-likeness (QED) is 0.264. The summed E-state index contributed by atoms with van der Waals surface area (Å²) in [6, 6.07) is 20.9. The van der Waals surface area contributed by atoms with E-state index in [1.165, 1.54) is 48.9 Å². The van der Waals surface area contributed by atoms with Gasteiger partial charge in [-0.2, -0.15) is 0 Å². The van der Waals surface area contributed by atoms with Crippen molar-refractivity contribution < 1.29 is 0 Å². The number of benzene rings is 1. The molecule has 326 valence electrons. The summed E-state index contributed by atoms with van der Waals surface area (Å²) >= 11 is 0. The second-order valence-corrected chi connectivity index (χ2v) is 18.8. The van der Waals surface area contributed by atoms with Crippen molar-refractivity contribution in [3.05, 3.63) is 96.1 Å². The van der Waals surface area contributed by atoms with Crippen molar-refractivity contribution in [2.45, 2.75) is 216 Å². The summed E-state index contributed by atoms with van der Waals surface area (Å²) in [5, 5.41) is 0. The minimum absolute atomic E-state index is 0.300. The van der Waals surface area contributed by atoms with Gasteiger partial charge in [0.1, 0.15) is 0 Å². The normalized spacial score (nSPS) is 14.8. The summed E-state index contributed by atoms with van der Waals surface area (Å²) in [5.41, 5.74) is 5.45. The third-order valence-corrected chi connectivity index (χ3v) is 11.2. The van der Waals surface area contributed by atoms with Gasteiger partial charge in [-0.05, 0) is 74.7 Å². The highest BCUT2D eigenvalue weighted by molar-refractivity contribution is 5.20. The highest BCUT2D eigenvalue weighted by Crippen LogP contribution is 2.39. The first-order valence-electron chi connectivity index (χ1n) is 22.9. The first kappa shape index (κ1) is 60.2. The summed E-state index contributed by atoms with van der Waals surface area (Å²) in [6.45, 7) is 52.7. The lowest BCUT2D eigenvalue weighted by atomic mass is 9.69.